The summed E-state index contributed by atoms with van der Waals surface area (Å²) in [4.78, 5) is 20.7. The van der Waals surface area contributed by atoms with Crippen LogP contribution in [0.3, 0.4) is 0 Å². The van der Waals surface area contributed by atoms with Gasteiger partial charge in [-0.05, 0) is 36.1 Å². The Labute approximate surface area is 113 Å². The molecule has 0 aliphatic carbocycles. The molecule has 3 aromatic heterocycles. The summed E-state index contributed by atoms with van der Waals surface area (Å²) in [7, 11) is 0. The summed E-state index contributed by atoms with van der Waals surface area (Å²) in [6, 6.07) is 5.53. The molecule has 0 saturated heterocycles. The number of nitrogens with zero attached hydrogens (tertiary/aromatic N) is 2. The third-order valence-corrected chi connectivity index (χ3v) is 3.72. The van der Waals surface area contributed by atoms with Crippen molar-refractivity contribution in [1.29, 1.82) is 0 Å². The number of fused-ring (bicyclic) bond motifs is 1. The van der Waals surface area contributed by atoms with Crippen LogP contribution in [0.2, 0.25) is 0 Å². The van der Waals surface area contributed by atoms with Crippen LogP contribution in [0.25, 0.3) is 10.2 Å². The first-order valence-corrected chi connectivity index (χ1v) is 6.63. The Morgan fingerprint density at radius 3 is 2.95 bits per heavy atom. The highest BCUT2D eigenvalue weighted by Gasteiger charge is 2.14. The normalized spacial score (nSPS) is 10.8. The van der Waals surface area contributed by atoms with Crippen molar-refractivity contribution in [3.8, 4) is 0 Å². The van der Waals surface area contributed by atoms with Crippen molar-refractivity contribution < 1.29 is 4.79 Å². The lowest BCUT2D eigenvalue weighted by Crippen LogP contribution is -2.07. The first-order chi connectivity index (χ1) is 9.15. The molecule has 3 rings (SSSR count). The summed E-state index contributed by atoms with van der Waals surface area (Å²) in [5, 5.41) is 1.95. The predicted octanol–water partition coefficient (Wildman–Crippen LogP) is 2.81. The van der Waals surface area contributed by atoms with Crippen molar-refractivity contribution >= 4 is 33.2 Å². The zero-order chi connectivity index (χ0) is 13.4. The van der Waals surface area contributed by atoms with Crippen molar-refractivity contribution in [3.05, 3.63) is 52.7 Å². The minimum absolute atomic E-state index is 0.142. The molecule has 0 aromatic carbocycles. The van der Waals surface area contributed by atoms with Crippen LogP contribution in [0.1, 0.15) is 21.5 Å². The first-order valence-electron chi connectivity index (χ1n) is 5.75. The number of carbonyl (C=O) groups excluding carboxylic acids is 1. The standard InChI is InChI=1S/C14H11N3OS/c1-8-4-10(14(15)17-6-8)13(18)9-5-12-11(16-7-9)2-3-19-12/h2-7H,1H3,(H2,15,17). The Bertz CT molecular complexity index is 779. The monoisotopic (exact) mass is 269 g/mol. The number of hydrogen-bond donors (Lipinski definition) is 1. The summed E-state index contributed by atoms with van der Waals surface area (Å²) in [6.45, 7) is 1.88. The second-order valence-electron chi connectivity index (χ2n) is 4.30. The van der Waals surface area contributed by atoms with E-state index in [9.17, 15) is 4.79 Å². The Kier molecular flexibility index (Phi) is 2.76. The molecule has 0 aliphatic rings. The van der Waals surface area contributed by atoms with Crippen LogP contribution in [0.4, 0.5) is 5.82 Å². The molecule has 0 aliphatic heterocycles. The second-order valence-corrected chi connectivity index (χ2v) is 5.25. The van der Waals surface area contributed by atoms with Gasteiger partial charge in [-0.3, -0.25) is 9.78 Å². The number of carbonyl (C=O) groups is 1. The van der Waals surface area contributed by atoms with Crippen LogP contribution in [0, 0.1) is 6.92 Å². The smallest absolute Gasteiger partial charge is 0.198 e. The highest BCUT2D eigenvalue weighted by atomic mass is 32.1. The number of pyridine rings is 2. The molecule has 5 heteroatoms. The molecule has 0 atom stereocenters. The van der Waals surface area contributed by atoms with Crippen LogP contribution < -0.4 is 5.73 Å². The van der Waals surface area contributed by atoms with Crippen LogP contribution in [-0.4, -0.2) is 15.8 Å². The van der Waals surface area contributed by atoms with Crippen LogP contribution in [0.15, 0.2) is 36.0 Å². The maximum atomic E-state index is 12.4. The molecule has 3 heterocycles. The fourth-order valence-corrected chi connectivity index (χ4v) is 2.67. The minimum Gasteiger partial charge on any atom is -0.383 e. The average Bonchev–Trinajstić information content (AvgIpc) is 2.88. The summed E-state index contributed by atoms with van der Waals surface area (Å²) < 4.78 is 0.991. The van der Waals surface area contributed by atoms with E-state index in [0.717, 1.165) is 15.8 Å². The first kappa shape index (κ1) is 11.8. The Balaban J connectivity index is 2.09. The predicted molar refractivity (Wildman–Crippen MR) is 76.4 cm³/mol. The van der Waals surface area contributed by atoms with E-state index in [2.05, 4.69) is 9.97 Å². The maximum absolute atomic E-state index is 12.4. The number of rotatable bonds is 2. The average molecular weight is 269 g/mol. The Morgan fingerprint density at radius 1 is 1.26 bits per heavy atom. The fourth-order valence-electron chi connectivity index (χ4n) is 1.89. The van der Waals surface area contributed by atoms with Gasteiger partial charge in [-0.2, -0.15) is 0 Å². The highest BCUT2D eigenvalue weighted by molar-refractivity contribution is 7.17. The molecule has 19 heavy (non-hydrogen) atoms. The molecular weight excluding hydrogens is 258 g/mol. The van der Waals surface area contributed by atoms with Crippen LogP contribution in [0.5, 0.6) is 0 Å². The van der Waals surface area contributed by atoms with Gasteiger partial charge in [0.2, 0.25) is 0 Å². The van der Waals surface area contributed by atoms with Gasteiger partial charge in [-0.1, -0.05) is 0 Å². The van der Waals surface area contributed by atoms with E-state index in [-0.39, 0.29) is 11.6 Å². The van der Waals surface area contributed by atoms with Gasteiger partial charge in [0.15, 0.2) is 5.78 Å². The lowest BCUT2D eigenvalue weighted by molar-refractivity contribution is 0.103. The van der Waals surface area contributed by atoms with E-state index in [1.807, 2.05) is 24.4 Å². The summed E-state index contributed by atoms with van der Waals surface area (Å²) in [6.07, 6.45) is 3.23. The lowest BCUT2D eigenvalue weighted by atomic mass is 10.0. The number of nitrogen functional groups attached to an aromatic ring is 1. The number of anilines is 1. The molecule has 0 fully saturated rings. The third-order valence-electron chi connectivity index (χ3n) is 2.86. The van der Waals surface area contributed by atoms with Crippen molar-refractivity contribution in [3.63, 3.8) is 0 Å². The Morgan fingerprint density at radius 2 is 2.11 bits per heavy atom. The van der Waals surface area contributed by atoms with Crippen LogP contribution in [-0.2, 0) is 0 Å². The van der Waals surface area contributed by atoms with Gasteiger partial charge < -0.3 is 5.73 Å². The van der Waals surface area contributed by atoms with Gasteiger partial charge in [0.25, 0.3) is 0 Å². The van der Waals surface area contributed by atoms with Gasteiger partial charge >= 0.3 is 0 Å². The second kappa shape index (κ2) is 4.44. The molecule has 0 bridgehead atoms. The molecule has 0 radical (unpaired) electrons. The van der Waals surface area contributed by atoms with Gasteiger partial charge in [0.05, 0.1) is 15.8 Å². The zero-order valence-corrected chi connectivity index (χ0v) is 11.1. The van der Waals surface area contributed by atoms with E-state index in [0.29, 0.717) is 11.1 Å². The quantitative estimate of drug-likeness (QED) is 0.726. The number of aromatic nitrogens is 2. The van der Waals surface area contributed by atoms with Crippen molar-refractivity contribution in [1.82, 2.24) is 9.97 Å². The molecule has 0 saturated carbocycles. The van der Waals surface area contributed by atoms with Crippen molar-refractivity contribution in [2.75, 3.05) is 5.73 Å². The topological polar surface area (TPSA) is 68.9 Å². The number of nitrogens with two attached hydrogens (primary N) is 1. The summed E-state index contributed by atoms with van der Waals surface area (Å²) in [5.74, 6) is 0.110. The van der Waals surface area contributed by atoms with Crippen molar-refractivity contribution in [2.45, 2.75) is 6.92 Å². The van der Waals surface area contributed by atoms with Crippen molar-refractivity contribution in [2.24, 2.45) is 0 Å². The SMILES string of the molecule is Cc1cnc(N)c(C(=O)c2cnc3ccsc3c2)c1. The van der Waals surface area contributed by atoms with Crippen LogP contribution >= 0.6 is 11.3 Å². The third kappa shape index (κ3) is 2.08. The van der Waals surface area contributed by atoms with E-state index < -0.39 is 0 Å². The summed E-state index contributed by atoms with van der Waals surface area (Å²) >= 11 is 1.56. The zero-order valence-electron chi connectivity index (χ0n) is 10.3. The Hall–Kier alpha value is -2.27. The number of thiophene rings is 1. The van der Waals surface area contributed by atoms with Gasteiger partial charge in [0, 0.05) is 18.0 Å². The lowest BCUT2D eigenvalue weighted by Gasteiger charge is -2.05. The fraction of sp³-hybridized carbons (Fsp3) is 0.0714. The van der Waals surface area contributed by atoms with E-state index in [4.69, 9.17) is 5.73 Å². The summed E-state index contributed by atoms with van der Waals surface area (Å²) in [5.41, 5.74) is 8.54. The molecular formula is C14H11N3OS. The van der Waals surface area contributed by atoms with E-state index >= 15 is 0 Å². The molecule has 2 N–H and O–H groups in total. The molecule has 94 valence electrons. The molecule has 3 aromatic rings. The number of ketones is 1. The molecule has 0 spiro atoms. The van der Waals surface area contributed by atoms with Gasteiger partial charge in [-0.15, -0.1) is 11.3 Å². The molecule has 0 amide bonds. The van der Waals surface area contributed by atoms with E-state index in [1.54, 1.807) is 29.8 Å². The van der Waals surface area contributed by atoms with Gasteiger partial charge in [-0.25, -0.2) is 4.98 Å². The molecule has 0 unspecified atom stereocenters. The number of aryl methyl sites for hydroxylation is 1. The number of hydrogen-bond acceptors (Lipinski definition) is 5. The molecule has 4 nitrogen and oxygen atoms in total. The highest BCUT2D eigenvalue weighted by Crippen LogP contribution is 2.22. The minimum atomic E-state index is -0.142. The van der Waals surface area contributed by atoms with E-state index in [1.165, 1.54) is 0 Å². The van der Waals surface area contributed by atoms with Gasteiger partial charge in [0.1, 0.15) is 5.82 Å². The largest absolute Gasteiger partial charge is 0.383 e. The maximum Gasteiger partial charge on any atom is 0.198 e.